The highest BCUT2D eigenvalue weighted by atomic mass is 33.2. The van der Waals surface area contributed by atoms with Gasteiger partial charge < -0.3 is 18.1 Å². The average Bonchev–Trinajstić information content (AvgIpc) is 2.48. The van der Waals surface area contributed by atoms with Gasteiger partial charge in [-0.1, -0.05) is 55.4 Å². The predicted octanol–water partition coefficient (Wildman–Crippen LogP) is 6.86. The van der Waals surface area contributed by atoms with E-state index in [1.807, 2.05) is 0 Å². The standard InChI is InChI=1S/C16H36O4P2S3/c1-13(2)9-17-21(23,18-10-14(3)4)25-22(24,19-11-15(5)6)20-12-16(7)8/h13-16H,9-12H2,1-8H3. The molecule has 0 saturated carbocycles. The molecule has 0 spiro atoms. The first kappa shape index (κ1) is 26.5. The molecule has 0 aliphatic rings. The summed E-state index contributed by atoms with van der Waals surface area (Å²) in [7, 11) is 0. The van der Waals surface area contributed by atoms with E-state index in [1.165, 1.54) is 11.0 Å². The van der Waals surface area contributed by atoms with Crippen LogP contribution in [-0.2, 0) is 41.7 Å². The summed E-state index contributed by atoms with van der Waals surface area (Å²) in [5, 5.41) is 0. The lowest BCUT2D eigenvalue weighted by Crippen LogP contribution is -2.07. The van der Waals surface area contributed by atoms with Crippen LogP contribution in [0.2, 0.25) is 0 Å². The Bertz CT molecular complexity index is 385. The molecule has 0 fully saturated rings. The first-order valence-electron chi connectivity index (χ1n) is 8.87. The van der Waals surface area contributed by atoms with Gasteiger partial charge in [-0.3, -0.25) is 0 Å². The van der Waals surface area contributed by atoms with Crippen molar-refractivity contribution < 1.29 is 18.1 Å². The van der Waals surface area contributed by atoms with E-state index in [0.717, 1.165) is 0 Å². The Hall–Kier alpha value is 1.49. The topological polar surface area (TPSA) is 36.9 Å². The molecule has 0 rings (SSSR count). The Labute approximate surface area is 169 Å². The van der Waals surface area contributed by atoms with Crippen molar-refractivity contribution in [1.29, 1.82) is 0 Å². The molecule has 0 amide bonds. The highest BCUT2D eigenvalue weighted by Crippen LogP contribution is 2.80. The Morgan fingerprint density at radius 1 is 0.560 bits per heavy atom. The van der Waals surface area contributed by atoms with Crippen LogP contribution >= 0.6 is 22.4 Å². The summed E-state index contributed by atoms with van der Waals surface area (Å²) < 4.78 is 24.1. The molecular formula is C16H36O4P2S3. The van der Waals surface area contributed by atoms with Crippen molar-refractivity contribution >= 4 is 46.0 Å². The number of hydrogen-bond acceptors (Lipinski definition) is 7. The first-order valence-corrected chi connectivity index (χ1v) is 16.2. The van der Waals surface area contributed by atoms with Gasteiger partial charge >= 0.3 is 0 Å². The molecule has 0 aromatic carbocycles. The predicted molar refractivity (Wildman–Crippen MR) is 119 cm³/mol. The van der Waals surface area contributed by atoms with Crippen molar-refractivity contribution in [3.63, 3.8) is 0 Å². The molecule has 9 heteroatoms. The molecule has 0 aliphatic carbocycles. The largest absolute Gasteiger partial charge is 0.321 e. The maximum Gasteiger partial charge on any atom is 0.256 e. The van der Waals surface area contributed by atoms with Gasteiger partial charge in [0.1, 0.15) is 0 Å². The summed E-state index contributed by atoms with van der Waals surface area (Å²) in [6.45, 7) is 18.9. The minimum absolute atomic E-state index is 0.372. The third-order valence-electron chi connectivity index (χ3n) is 2.46. The highest BCUT2D eigenvalue weighted by molar-refractivity contribution is 8.96. The summed E-state index contributed by atoms with van der Waals surface area (Å²) in [5.41, 5.74) is -5.25. The van der Waals surface area contributed by atoms with Crippen LogP contribution in [0.1, 0.15) is 55.4 Å². The first-order chi connectivity index (χ1) is 11.4. The van der Waals surface area contributed by atoms with Crippen LogP contribution in [0, 0.1) is 23.7 Å². The molecule has 0 heterocycles. The summed E-state index contributed by atoms with van der Waals surface area (Å²) in [6.07, 6.45) is 0. The van der Waals surface area contributed by atoms with Gasteiger partial charge in [-0.05, 0) is 47.3 Å². The van der Waals surface area contributed by atoms with Crippen LogP contribution in [0.25, 0.3) is 0 Å². The third kappa shape index (κ3) is 14.2. The SMILES string of the molecule is CC(C)COP(=S)(OCC(C)C)SP(=S)(OCC(C)C)OCC(C)C. The van der Waals surface area contributed by atoms with Crippen molar-refractivity contribution in [1.82, 2.24) is 0 Å². The summed E-state index contributed by atoms with van der Waals surface area (Å²) in [5.74, 6) is 1.49. The molecule has 152 valence electrons. The van der Waals surface area contributed by atoms with Crippen LogP contribution in [0.3, 0.4) is 0 Å². The fourth-order valence-corrected chi connectivity index (χ4v) is 16.3. The molecule has 0 radical (unpaired) electrons. The van der Waals surface area contributed by atoms with E-state index in [1.54, 1.807) is 0 Å². The fraction of sp³-hybridized carbons (Fsp3) is 1.00. The average molecular weight is 451 g/mol. The van der Waals surface area contributed by atoms with Gasteiger partial charge in [-0.15, -0.1) is 0 Å². The van der Waals surface area contributed by atoms with Gasteiger partial charge in [-0.2, -0.15) is 0 Å². The lowest BCUT2D eigenvalue weighted by molar-refractivity contribution is 0.215. The second kappa shape index (κ2) is 12.9. The van der Waals surface area contributed by atoms with Gasteiger partial charge in [0, 0.05) is 11.0 Å². The second-order valence-corrected chi connectivity index (χ2v) is 19.8. The lowest BCUT2D eigenvalue weighted by Gasteiger charge is -2.29. The molecule has 0 atom stereocenters. The van der Waals surface area contributed by atoms with Crippen LogP contribution in [0.5, 0.6) is 0 Å². The molecule has 4 nitrogen and oxygen atoms in total. The van der Waals surface area contributed by atoms with E-state index in [4.69, 9.17) is 41.7 Å². The van der Waals surface area contributed by atoms with Gasteiger partial charge in [0.05, 0.1) is 26.4 Å². The van der Waals surface area contributed by atoms with E-state index in [9.17, 15) is 0 Å². The Morgan fingerprint density at radius 3 is 0.920 bits per heavy atom. The zero-order valence-electron chi connectivity index (χ0n) is 16.9. The summed E-state index contributed by atoms with van der Waals surface area (Å²) >= 11 is 12.9. The van der Waals surface area contributed by atoms with Gasteiger partial charge in [0.2, 0.25) is 0 Å². The zero-order chi connectivity index (χ0) is 19.7. The van der Waals surface area contributed by atoms with E-state index < -0.39 is 11.4 Å². The molecule has 0 unspecified atom stereocenters. The van der Waals surface area contributed by atoms with Gasteiger partial charge in [0.15, 0.2) is 0 Å². The maximum atomic E-state index is 6.02. The lowest BCUT2D eigenvalue weighted by atomic mass is 10.2. The molecule has 0 bridgehead atoms. The van der Waals surface area contributed by atoms with Gasteiger partial charge in [-0.25, -0.2) is 0 Å². The summed E-state index contributed by atoms with van der Waals surface area (Å²) in [4.78, 5) is 0. The molecular weight excluding hydrogens is 414 g/mol. The van der Waals surface area contributed by atoms with Crippen molar-refractivity contribution in [3.8, 4) is 0 Å². The molecule has 0 aromatic heterocycles. The minimum atomic E-state index is -2.62. The Kier molecular flexibility index (Phi) is 13.6. The molecule has 0 saturated heterocycles. The van der Waals surface area contributed by atoms with Crippen molar-refractivity contribution in [3.05, 3.63) is 0 Å². The number of hydrogen-bond donors (Lipinski definition) is 0. The number of rotatable bonds is 14. The fourth-order valence-electron chi connectivity index (χ4n) is 1.25. The second-order valence-electron chi connectivity index (χ2n) is 7.73. The molecule has 25 heavy (non-hydrogen) atoms. The van der Waals surface area contributed by atoms with E-state index in [0.29, 0.717) is 50.1 Å². The molecule has 0 N–H and O–H groups in total. The quantitative estimate of drug-likeness (QED) is 0.268. The van der Waals surface area contributed by atoms with Crippen LogP contribution in [0.4, 0.5) is 0 Å². The molecule has 0 aromatic rings. The van der Waals surface area contributed by atoms with Crippen molar-refractivity contribution in [2.24, 2.45) is 23.7 Å². The van der Waals surface area contributed by atoms with Crippen molar-refractivity contribution in [2.45, 2.75) is 55.4 Å². The third-order valence-corrected chi connectivity index (χ3v) is 15.7. The van der Waals surface area contributed by atoms with E-state index >= 15 is 0 Å². The maximum absolute atomic E-state index is 6.02. The van der Waals surface area contributed by atoms with E-state index in [2.05, 4.69) is 55.4 Å². The van der Waals surface area contributed by atoms with Crippen LogP contribution < -0.4 is 0 Å². The van der Waals surface area contributed by atoms with Crippen LogP contribution in [0.15, 0.2) is 0 Å². The normalized spacial score (nSPS) is 13.6. The Morgan fingerprint density at radius 2 is 0.760 bits per heavy atom. The van der Waals surface area contributed by atoms with E-state index in [-0.39, 0.29) is 0 Å². The van der Waals surface area contributed by atoms with Gasteiger partial charge in [0.25, 0.3) is 11.4 Å². The zero-order valence-corrected chi connectivity index (χ0v) is 21.1. The molecule has 0 aliphatic heterocycles. The monoisotopic (exact) mass is 450 g/mol. The Balaban J connectivity index is 5.24. The van der Waals surface area contributed by atoms with Crippen molar-refractivity contribution in [2.75, 3.05) is 26.4 Å². The highest BCUT2D eigenvalue weighted by Gasteiger charge is 2.34. The van der Waals surface area contributed by atoms with Crippen LogP contribution in [-0.4, -0.2) is 26.4 Å². The smallest absolute Gasteiger partial charge is 0.256 e. The minimum Gasteiger partial charge on any atom is -0.321 e. The summed E-state index contributed by atoms with van der Waals surface area (Å²) in [6, 6.07) is 0.